The molecule has 0 fully saturated rings. The van der Waals surface area contributed by atoms with E-state index >= 15 is 0 Å². The molecule has 0 unspecified atom stereocenters. The predicted octanol–water partition coefficient (Wildman–Crippen LogP) is -0.295. The molecule has 6 nitrogen and oxygen atoms in total. The van der Waals surface area contributed by atoms with Crippen molar-refractivity contribution in [1.29, 1.82) is 0 Å². The standard InChI is InChI=1S/C8H11N3O3S2/c1-11(2)16(13,14)10-8-9-6-7(15-8)4-3-5-12/h6,12H,5H2,1-2H3,(H,9,10). The van der Waals surface area contributed by atoms with Crippen LogP contribution in [0.1, 0.15) is 4.88 Å². The quantitative estimate of drug-likeness (QED) is 0.732. The summed E-state index contributed by atoms with van der Waals surface area (Å²) in [7, 11) is -0.687. The van der Waals surface area contributed by atoms with Gasteiger partial charge in [0.1, 0.15) is 6.61 Å². The highest BCUT2D eigenvalue weighted by atomic mass is 32.2. The van der Waals surface area contributed by atoms with Crippen molar-refractivity contribution in [1.82, 2.24) is 9.29 Å². The fraction of sp³-hybridized carbons (Fsp3) is 0.375. The molecule has 16 heavy (non-hydrogen) atoms. The lowest BCUT2D eigenvalue weighted by Crippen LogP contribution is -2.28. The molecule has 0 radical (unpaired) electrons. The van der Waals surface area contributed by atoms with E-state index in [1.807, 2.05) is 0 Å². The highest BCUT2D eigenvalue weighted by Crippen LogP contribution is 2.18. The Kier molecular flexibility index (Phi) is 4.26. The topological polar surface area (TPSA) is 82.5 Å². The maximum Gasteiger partial charge on any atom is 0.302 e. The number of thiazole rings is 1. The van der Waals surface area contributed by atoms with Gasteiger partial charge >= 0.3 is 10.2 Å². The molecule has 1 aromatic rings. The molecule has 0 aliphatic carbocycles. The number of anilines is 1. The largest absolute Gasteiger partial charge is 0.384 e. The maximum atomic E-state index is 11.4. The van der Waals surface area contributed by atoms with Gasteiger partial charge in [0.25, 0.3) is 0 Å². The van der Waals surface area contributed by atoms with Crippen molar-refractivity contribution in [2.75, 3.05) is 25.4 Å². The molecular weight excluding hydrogens is 250 g/mol. The lowest BCUT2D eigenvalue weighted by atomic mass is 10.5. The lowest BCUT2D eigenvalue weighted by molar-refractivity contribution is 0.350. The Morgan fingerprint density at radius 1 is 1.62 bits per heavy atom. The van der Waals surface area contributed by atoms with Gasteiger partial charge in [-0.15, -0.1) is 0 Å². The first-order valence-corrected chi connectivity index (χ1v) is 6.47. The van der Waals surface area contributed by atoms with E-state index in [0.717, 1.165) is 15.6 Å². The fourth-order valence-electron chi connectivity index (χ4n) is 0.707. The van der Waals surface area contributed by atoms with Gasteiger partial charge in [-0.1, -0.05) is 23.2 Å². The molecule has 88 valence electrons. The molecule has 0 saturated heterocycles. The average molecular weight is 261 g/mol. The van der Waals surface area contributed by atoms with Crippen LogP contribution in [0.2, 0.25) is 0 Å². The van der Waals surface area contributed by atoms with Crippen molar-refractivity contribution in [2.24, 2.45) is 0 Å². The van der Waals surface area contributed by atoms with Gasteiger partial charge in [0.15, 0.2) is 5.13 Å². The minimum absolute atomic E-state index is 0.239. The third-order valence-corrected chi connectivity index (χ3v) is 3.86. The summed E-state index contributed by atoms with van der Waals surface area (Å²) in [5, 5.41) is 8.73. The lowest BCUT2D eigenvalue weighted by Gasteiger charge is -2.10. The summed E-state index contributed by atoms with van der Waals surface area (Å²) in [5.74, 6) is 5.09. The van der Waals surface area contributed by atoms with Gasteiger partial charge in [-0.2, -0.15) is 12.7 Å². The number of aromatic nitrogens is 1. The first-order chi connectivity index (χ1) is 7.45. The first-order valence-electron chi connectivity index (χ1n) is 4.21. The zero-order valence-electron chi connectivity index (χ0n) is 8.76. The highest BCUT2D eigenvalue weighted by Gasteiger charge is 2.14. The van der Waals surface area contributed by atoms with Gasteiger partial charge in [0.2, 0.25) is 0 Å². The number of aliphatic hydroxyl groups excluding tert-OH is 1. The Morgan fingerprint density at radius 3 is 2.88 bits per heavy atom. The Morgan fingerprint density at radius 2 is 2.31 bits per heavy atom. The minimum Gasteiger partial charge on any atom is -0.384 e. The molecule has 1 rings (SSSR count). The van der Waals surface area contributed by atoms with Gasteiger partial charge in [0.05, 0.1) is 11.1 Å². The summed E-state index contributed by atoms with van der Waals surface area (Å²) in [5.41, 5.74) is 0. The summed E-state index contributed by atoms with van der Waals surface area (Å²) in [6.07, 6.45) is 1.45. The van der Waals surface area contributed by atoms with E-state index in [2.05, 4.69) is 21.5 Å². The Labute approximate surface area is 98.1 Å². The number of aliphatic hydroxyl groups is 1. The number of hydrogen-bond acceptors (Lipinski definition) is 5. The van der Waals surface area contributed by atoms with Crippen molar-refractivity contribution in [3.63, 3.8) is 0 Å². The number of hydrogen-bond donors (Lipinski definition) is 2. The molecule has 0 saturated carbocycles. The Balaban J connectivity index is 2.81. The molecule has 8 heteroatoms. The molecule has 0 aliphatic heterocycles. The molecule has 1 aromatic heterocycles. The van der Waals surface area contributed by atoms with Crippen LogP contribution < -0.4 is 4.72 Å². The second kappa shape index (κ2) is 5.27. The third kappa shape index (κ3) is 3.46. The maximum absolute atomic E-state index is 11.4. The number of nitrogens with one attached hydrogen (secondary N) is 1. The molecule has 0 aromatic carbocycles. The zero-order chi connectivity index (χ0) is 12.2. The van der Waals surface area contributed by atoms with E-state index in [-0.39, 0.29) is 11.7 Å². The molecule has 1 heterocycles. The van der Waals surface area contributed by atoms with Crippen LogP contribution in [0, 0.1) is 11.8 Å². The SMILES string of the molecule is CN(C)S(=O)(=O)Nc1ncc(C#CCO)s1. The van der Waals surface area contributed by atoms with Crippen LogP contribution >= 0.6 is 11.3 Å². The summed E-state index contributed by atoms with van der Waals surface area (Å²) < 4.78 is 26.2. The zero-order valence-corrected chi connectivity index (χ0v) is 10.4. The van der Waals surface area contributed by atoms with Crippen LogP contribution in [0.5, 0.6) is 0 Å². The second-order valence-corrected chi connectivity index (χ2v) is 5.79. The highest BCUT2D eigenvalue weighted by molar-refractivity contribution is 7.90. The number of rotatable bonds is 3. The third-order valence-electron chi connectivity index (χ3n) is 1.49. The molecule has 0 amide bonds. The van der Waals surface area contributed by atoms with Gasteiger partial charge in [0, 0.05) is 14.1 Å². The fourth-order valence-corrected chi connectivity index (χ4v) is 2.19. The van der Waals surface area contributed by atoms with Crippen LogP contribution in [0.4, 0.5) is 5.13 Å². The van der Waals surface area contributed by atoms with E-state index in [1.165, 1.54) is 20.3 Å². The van der Waals surface area contributed by atoms with Gasteiger partial charge in [-0.05, 0) is 0 Å². The molecule has 0 spiro atoms. The van der Waals surface area contributed by atoms with Crippen LogP contribution in [0.15, 0.2) is 6.20 Å². The van der Waals surface area contributed by atoms with Crippen LogP contribution in [0.25, 0.3) is 0 Å². The van der Waals surface area contributed by atoms with E-state index in [4.69, 9.17) is 5.11 Å². The van der Waals surface area contributed by atoms with Gasteiger partial charge in [-0.25, -0.2) is 9.71 Å². The summed E-state index contributed by atoms with van der Waals surface area (Å²) in [4.78, 5) is 4.44. The normalized spacial score (nSPS) is 11.0. The van der Waals surface area contributed by atoms with Crippen molar-refractivity contribution >= 4 is 26.7 Å². The Hall–Kier alpha value is -1.14. The molecule has 0 aliphatic rings. The first kappa shape index (κ1) is 12.9. The van der Waals surface area contributed by atoms with E-state index in [9.17, 15) is 8.42 Å². The van der Waals surface area contributed by atoms with E-state index in [0.29, 0.717) is 4.88 Å². The van der Waals surface area contributed by atoms with Crippen LogP contribution in [-0.4, -0.2) is 43.5 Å². The monoisotopic (exact) mass is 261 g/mol. The van der Waals surface area contributed by atoms with E-state index < -0.39 is 10.2 Å². The molecule has 2 N–H and O–H groups in total. The summed E-state index contributed by atoms with van der Waals surface area (Å²) >= 11 is 1.10. The molecule has 0 atom stereocenters. The van der Waals surface area contributed by atoms with Gasteiger partial charge in [-0.3, -0.25) is 0 Å². The average Bonchev–Trinajstić information content (AvgIpc) is 2.61. The summed E-state index contributed by atoms with van der Waals surface area (Å²) in [6.45, 7) is -0.239. The van der Waals surface area contributed by atoms with Crippen molar-refractivity contribution < 1.29 is 13.5 Å². The minimum atomic E-state index is -3.52. The molecule has 0 bridgehead atoms. The number of nitrogens with zero attached hydrogens (tertiary/aromatic N) is 2. The van der Waals surface area contributed by atoms with Crippen molar-refractivity contribution in [3.05, 3.63) is 11.1 Å². The van der Waals surface area contributed by atoms with Gasteiger partial charge < -0.3 is 5.11 Å². The van der Waals surface area contributed by atoms with Crippen LogP contribution in [0.3, 0.4) is 0 Å². The predicted molar refractivity (Wildman–Crippen MR) is 62.3 cm³/mol. The smallest absolute Gasteiger partial charge is 0.302 e. The van der Waals surface area contributed by atoms with Crippen molar-refractivity contribution in [2.45, 2.75) is 0 Å². The van der Waals surface area contributed by atoms with E-state index in [1.54, 1.807) is 0 Å². The second-order valence-electron chi connectivity index (χ2n) is 2.88. The summed E-state index contributed by atoms with van der Waals surface area (Å²) in [6, 6.07) is 0. The molecular formula is C8H11N3O3S2. The van der Waals surface area contributed by atoms with Crippen molar-refractivity contribution in [3.8, 4) is 11.8 Å². The van der Waals surface area contributed by atoms with Crippen LogP contribution in [-0.2, 0) is 10.2 Å². The Bertz CT molecular complexity index is 510.